The number of fused-ring (bicyclic) bond motifs is 1. The van der Waals surface area contributed by atoms with Crippen LogP contribution in [0.25, 0.3) is 0 Å². The standard InChI is InChI=1S/C17H24N2O2/c1-21-16-9-8-13(11-14(16)18)17(20)19-10-4-6-12-5-2-3-7-15(12)19/h8-9,11-12,15H,2-7,10,18H2,1H3. The van der Waals surface area contributed by atoms with Crippen LogP contribution in [0.3, 0.4) is 0 Å². The summed E-state index contributed by atoms with van der Waals surface area (Å²) in [6.45, 7) is 0.881. The molecule has 1 aliphatic heterocycles. The van der Waals surface area contributed by atoms with E-state index in [9.17, 15) is 4.79 Å². The summed E-state index contributed by atoms with van der Waals surface area (Å²) < 4.78 is 5.16. The van der Waals surface area contributed by atoms with E-state index in [0.717, 1.165) is 19.4 Å². The van der Waals surface area contributed by atoms with E-state index in [-0.39, 0.29) is 5.91 Å². The molecule has 1 saturated carbocycles. The van der Waals surface area contributed by atoms with Gasteiger partial charge in [0.05, 0.1) is 12.8 Å². The molecule has 1 aliphatic carbocycles. The maximum absolute atomic E-state index is 12.8. The Morgan fingerprint density at radius 1 is 1.24 bits per heavy atom. The number of hydrogen-bond donors (Lipinski definition) is 1. The van der Waals surface area contributed by atoms with Gasteiger partial charge in [-0.05, 0) is 49.8 Å². The van der Waals surface area contributed by atoms with Crippen molar-refractivity contribution in [3.63, 3.8) is 0 Å². The minimum atomic E-state index is 0.126. The van der Waals surface area contributed by atoms with Gasteiger partial charge in [0.1, 0.15) is 5.75 Å². The minimum absolute atomic E-state index is 0.126. The van der Waals surface area contributed by atoms with Gasteiger partial charge in [0.15, 0.2) is 0 Å². The smallest absolute Gasteiger partial charge is 0.254 e. The van der Waals surface area contributed by atoms with E-state index in [1.165, 1.54) is 25.7 Å². The van der Waals surface area contributed by atoms with Crippen LogP contribution in [0.1, 0.15) is 48.9 Å². The van der Waals surface area contributed by atoms with Gasteiger partial charge in [-0.1, -0.05) is 12.8 Å². The highest BCUT2D eigenvalue weighted by molar-refractivity contribution is 5.95. The number of ether oxygens (including phenoxy) is 1. The molecule has 114 valence electrons. The predicted molar refractivity (Wildman–Crippen MR) is 83.4 cm³/mol. The average molecular weight is 288 g/mol. The van der Waals surface area contributed by atoms with E-state index in [2.05, 4.69) is 4.90 Å². The van der Waals surface area contributed by atoms with Crippen molar-refractivity contribution in [2.24, 2.45) is 5.92 Å². The third kappa shape index (κ3) is 2.71. The van der Waals surface area contributed by atoms with Gasteiger partial charge in [0.2, 0.25) is 0 Å². The minimum Gasteiger partial charge on any atom is -0.495 e. The van der Waals surface area contributed by atoms with Crippen LogP contribution in [0, 0.1) is 5.92 Å². The number of benzene rings is 1. The van der Waals surface area contributed by atoms with Crippen LogP contribution in [0.4, 0.5) is 5.69 Å². The molecule has 1 heterocycles. The Kier molecular flexibility index (Phi) is 4.04. The van der Waals surface area contributed by atoms with Gasteiger partial charge in [-0.15, -0.1) is 0 Å². The van der Waals surface area contributed by atoms with Crippen molar-refractivity contribution in [3.8, 4) is 5.75 Å². The molecule has 2 fully saturated rings. The number of nitrogens with two attached hydrogens (primary N) is 1. The monoisotopic (exact) mass is 288 g/mol. The molecule has 4 nitrogen and oxygen atoms in total. The number of anilines is 1. The molecule has 0 aromatic heterocycles. The van der Waals surface area contributed by atoms with Crippen LogP contribution in [-0.4, -0.2) is 30.5 Å². The summed E-state index contributed by atoms with van der Waals surface area (Å²) in [6.07, 6.45) is 7.40. The number of carbonyl (C=O) groups is 1. The van der Waals surface area contributed by atoms with Gasteiger partial charge >= 0.3 is 0 Å². The van der Waals surface area contributed by atoms with Crippen LogP contribution in [-0.2, 0) is 0 Å². The number of hydrogen-bond acceptors (Lipinski definition) is 3. The Hall–Kier alpha value is -1.71. The van der Waals surface area contributed by atoms with E-state index in [4.69, 9.17) is 10.5 Å². The van der Waals surface area contributed by atoms with E-state index in [1.807, 2.05) is 6.07 Å². The number of likely N-dealkylation sites (tertiary alicyclic amines) is 1. The van der Waals surface area contributed by atoms with Crippen LogP contribution in [0.5, 0.6) is 5.75 Å². The van der Waals surface area contributed by atoms with Crippen molar-refractivity contribution in [2.75, 3.05) is 19.4 Å². The fourth-order valence-electron chi connectivity index (χ4n) is 3.91. The zero-order chi connectivity index (χ0) is 14.8. The maximum atomic E-state index is 12.8. The molecular formula is C17H24N2O2. The molecule has 1 saturated heterocycles. The first-order valence-corrected chi connectivity index (χ1v) is 7.95. The highest BCUT2D eigenvalue weighted by atomic mass is 16.5. The molecule has 0 spiro atoms. The number of amides is 1. The molecule has 1 amide bonds. The fraction of sp³-hybridized carbons (Fsp3) is 0.588. The van der Waals surface area contributed by atoms with Gasteiger partial charge in [0.25, 0.3) is 5.91 Å². The topological polar surface area (TPSA) is 55.6 Å². The number of nitrogens with zero attached hydrogens (tertiary/aromatic N) is 1. The summed E-state index contributed by atoms with van der Waals surface area (Å²) in [6, 6.07) is 5.78. The number of carbonyl (C=O) groups excluding carboxylic acids is 1. The van der Waals surface area contributed by atoms with E-state index < -0.39 is 0 Å². The lowest BCUT2D eigenvalue weighted by Gasteiger charge is -2.44. The maximum Gasteiger partial charge on any atom is 0.254 e. The SMILES string of the molecule is COc1ccc(C(=O)N2CCCC3CCCCC32)cc1N. The lowest BCUT2D eigenvalue weighted by molar-refractivity contribution is 0.0390. The Morgan fingerprint density at radius 3 is 2.76 bits per heavy atom. The van der Waals surface area contributed by atoms with E-state index in [1.54, 1.807) is 19.2 Å². The van der Waals surface area contributed by atoms with Crippen LogP contribution in [0.15, 0.2) is 18.2 Å². The largest absolute Gasteiger partial charge is 0.495 e. The van der Waals surface area contributed by atoms with Crippen molar-refractivity contribution in [2.45, 2.75) is 44.6 Å². The number of nitrogen functional groups attached to an aromatic ring is 1. The molecule has 0 radical (unpaired) electrons. The molecule has 2 unspecified atom stereocenters. The van der Waals surface area contributed by atoms with Gasteiger partial charge in [-0.3, -0.25) is 4.79 Å². The number of methoxy groups -OCH3 is 1. The summed E-state index contributed by atoms with van der Waals surface area (Å²) in [5.74, 6) is 1.45. The lowest BCUT2D eigenvalue weighted by atomic mass is 9.78. The second kappa shape index (κ2) is 5.96. The van der Waals surface area contributed by atoms with Gasteiger partial charge < -0.3 is 15.4 Å². The summed E-state index contributed by atoms with van der Waals surface area (Å²) >= 11 is 0. The zero-order valence-corrected chi connectivity index (χ0v) is 12.7. The molecule has 4 heteroatoms. The first kappa shape index (κ1) is 14.2. The van der Waals surface area contributed by atoms with E-state index in [0.29, 0.717) is 29.0 Å². The van der Waals surface area contributed by atoms with Crippen molar-refractivity contribution in [1.29, 1.82) is 0 Å². The quantitative estimate of drug-likeness (QED) is 0.851. The molecule has 2 N–H and O–H groups in total. The van der Waals surface area contributed by atoms with Crippen LogP contribution in [0.2, 0.25) is 0 Å². The van der Waals surface area contributed by atoms with E-state index >= 15 is 0 Å². The number of rotatable bonds is 2. The Labute approximate surface area is 126 Å². The first-order chi connectivity index (χ1) is 10.2. The fourth-order valence-corrected chi connectivity index (χ4v) is 3.91. The Balaban J connectivity index is 1.81. The third-order valence-electron chi connectivity index (χ3n) is 4.98. The lowest BCUT2D eigenvalue weighted by Crippen LogP contribution is -2.49. The molecule has 1 aromatic carbocycles. The zero-order valence-electron chi connectivity index (χ0n) is 12.7. The highest BCUT2D eigenvalue weighted by Gasteiger charge is 2.35. The first-order valence-electron chi connectivity index (χ1n) is 7.95. The second-order valence-electron chi connectivity index (χ2n) is 6.21. The molecule has 2 aliphatic rings. The van der Waals surface area contributed by atoms with Crippen molar-refractivity contribution in [1.82, 2.24) is 4.90 Å². The molecule has 1 aromatic rings. The molecule has 3 rings (SSSR count). The average Bonchev–Trinajstić information content (AvgIpc) is 2.53. The van der Waals surface area contributed by atoms with Crippen molar-refractivity contribution in [3.05, 3.63) is 23.8 Å². The third-order valence-corrected chi connectivity index (χ3v) is 4.98. The van der Waals surface area contributed by atoms with Crippen molar-refractivity contribution < 1.29 is 9.53 Å². The predicted octanol–water partition coefficient (Wildman–Crippen LogP) is 3.07. The second-order valence-corrected chi connectivity index (χ2v) is 6.21. The Bertz CT molecular complexity index is 528. The Morgan fingerprint density at radius 2 is 2.00 bits per heavy atom. The normalized spacial score (nSPS) is 25.3. The highest BCUT2D eigenvalue weighted by Crippen LogP contribution is 2.36. The molecule has 2 atom stereocenters. The molecular weight excluding hydrogens is 264 g/mol. The number of piperidine rings is 1. The van der Waals surface area contributed by atoms with Gasteiger partial charge in [-0.25, -0.2) is 0 Å². The summed E-state index contributed by atoms with van der Waals surface area (Å²) in [5.41, 5.74) is 7.14. The van der Waals surface area contributed by atoms with Gasteiger partial charge in [-0.2, -0.15) is 0 Å². The summed E-state index contributed by atoms with van der Waals surface area (Å²) in [7, 11) is 1.59. The molecule has 0 bridgehead atoms. The molecule has 21 heavy (non-hydrogen) atoms. The van der Waals surface area contributed by atoms with Gasteiger partial charge in [0, 0.05) is 18.2 Å². The van der Waals surface area contributed by atoms with Crippen LogP contribution < -0.4 is 10.5 Å². The summed E-state index contributed by atoms with van der Waals surface area (Å²) in [4.78, 5) is 14.9. The van der Waals surface area contributed by atoms with Crippen LogP contribution >= 0.6 is 0 Å². The van der Waals surface area contributed by atoms with Crippen molar-refractivity contribution >= 4 is 11.6 Å². The summed E-state index contributed by atoms with van der Waals surface area (Å²) in [5, 5.41) is 0.